The van der Waals surface area contributed by atoms with Gasteiger partial charge in [0.15, 0.2) is 6.29 Å². The van der Waals surface area contributed by atoms with E-state index in [-0.39, 0.29) is 0 Å². The van der Waals surface area contributed by atoms with E-state index in [2.05, 4.69) is 5.10 Å². The molecule has 0 N–H and O–H groups in total. The van der Waals surface area contributed by atoms with E-state index in [1.165, 1.54) is 17.7 Å². The molecule has 0 spiro atoms. The lowest BCUT2D eigenvalue weighted by Gasteiger charge is -2.07. The van der Waals surface area contributed by atoms with Crippen LogP contribution in [0.1, 0.15) is 28.0 Å². The van der Waals surface area contributed by atoms with Crippen LogP contribution in [0.2, 0.25) is 0 Å². The van der Waals surface area contributed by atoms with Gasteiger partial charge in [0.05, 0.1) is 11.9 Å². The third-order valence-electron chi connectivity index (χ3n) is 3.11. The number of carbonyl (C=O) groups excluding carboxylic acids is 1. The summed E-state index contributed by atoms with van der Waals surface area (Å²) in [6.45, 7) is 0. The van der Waals surface area contributed by atoms with Gasteiger partial charge in [-0.3, -0.25) is 4.79 Å². The van der Waals surface area contributed by atoms with Crippen LogP contribution in [0.25, 0.3) is 5.69 Å². The topological polar surface area (TPSA) is 34.9 Å². The highest BCUT2D eigenvalue weighted by molar-refractivity contribution is 5.80. The van der Waals surface area contributed by atoms with Crippen LogP contribution in [-0.2, 0) is 12.8 Å². The second kappa shape index (κ2) is 3.59. The smallest absolute Gasteiger partial charge is 0.152 e. The third-order valence-corrected chi connectivity index (χ3v) is 3.11. The molecule has 1 aromatic heterocycles. The number of benzene rings is 1. The van der Waals surface area contributed by atoms with Gasteiger partial charge in [-0.2, -0.15) is 5.10 Å². The predicted molar refractivity (Wildman–Crippen MR) is 61.0 cm³/mol. The fourth-order valence-electron chi connectivity index (χ4n) is 2.32. The molecule has 3 rings (SSSR count). The van der Waals surface area contributed by atoms with E-state index >= 15 is 0 Å². The summed E-state index contributed by atoms with van der Waals surface area (Å²) in [4.78, 5) is 11.0. The molecule has 0 bridgehead atoms. The minimum Gasteiger partial charge on any atom is -0.298 e. The standard InChI is InChI=1S/C13H12N2O/c16-9-11-4-1-2-6-13(11)15-12-7-3-5-10(12)8-14-15/h1-2,4,6,8-9H,3,5,7H2. The van der Waals surface area contributed by atoms with Crippen LogP contribution in [0.5, 0.6) is 0 Å². The van der Waals surface area contributed by atoms with Gasteiger partial charge in [-0.15, -0.1) is 0 Å². The quantitative estimate of drug-likeness (QED) is 0.715. The van der Waals surface area contributed by atoms with Crippen molar-refractivity contribution < 1.29 is 4.79 Å². The second-order valence-corrected chi connectivity index (χ2v) is 4.06. The number of nitrogens with zero attached hydrogens (tertiary/aromatic N) is 2. The van der Waals surface area contributed by atoms with E-state index in [9.17, 15) is 4.79 Å². The molecule has 0 unspecified atom stereocenters. The maximum atomic E-state index is 11.0. The van der Waals surface area contributed by atoms with Crippen molar-refractivity contribution in [3.63, 3.8) is 0 Å². The minimum absolute atomic E-state index is 0.695. The van der Waals surface area contributed by atoms with Crippen molar-refractivity contribution in [2.75, 3.05) is 0 Å². The molecule has 2 aromatic rings. The molecule has 1 aliphatic rings. The maximum Gasteiger partial charge on any atom is 0.152 e. The molecular weight excluding hydrogens is 200 g/mol. The SMILES string of the molecule is O=Cc1ccccc1-n1ncc2c1CCC2. The van der Waals surface area contributed by atoms with E-state index in [1.807, 2.05) is 35.1 Å². The first-order valence-corrected chi connectivity index (χ1v) is 5.50. The Labute approximate surface area is 93.7 Å². The van der Waals surface area contributed by atoms with Gasteiger partial charge in [-0.1, -0.05) is 12.1 Å². The van der Waals surface area contributed by atoms with Crippen molar-refractivity contribution in [2.24, 2.45) is 0 Å². The van der Waals surface area contributed by atoms with Crippen LogP contribution in [0, 0.1) is 0 Å². The van der Waals surface area contributed by atoms with Crippen LogP contribution in [0.4, 0.5) is 0 Å². The summed E-state index contributed by atoms with van der Waals surface area (Å²) in [5, 5.41) is 4.37. The van der Waals surface area contributed by atoms with Crippen molar-refractivity contribution in [1.82, 2.24) is 9.78 Å². The lowest BCUT2D eigenvalue weighted by atomic mass is 10.2. The molecule has 0 aliphatic heterocycles. The van der Waals surface area contributed by atoms with Gasteiger partial charge in [0.2, 0.25) is 0 Å². The summed E-state index contributed by atoms with van der Waals surface area (Å²) < 4.78 is 1.91. The average molecular weight is 212 g/mol. The molecule has 1 aliphatic carbocycles. The molecule has 0 amide bonds. The molecule has 1 aromatic carbocycles. The van der Waals surface area contributed by atoms with Crippen LogP contribution in [-0.4, -0.2) is 16.1 Å². The first kappa shape index (κ1) is 9.33. The van der Waals surface area contributed by atoms with E-state index in [1.54, 1.807) is 0 Å². The molecule has 0 radical (unpaired) electrons. The van der Waals surface area contributed by atoms with E-state index in [4.69, 9.17) is 0 Å². The zero-order valence-corrected chi connectivity index (χ0v) is 8.89. The van der Waals surface area contributed by atoms with Gasteiger partial charge < -0.3 is 0 Å². The number of aldehydes is 1. The van der Waals surface area contributed by atoms with Gasteiger partial charge in [0, 0.05) is 11.3 Å². The fraction of sp³-hybridized carbons (Fsp3) is 0.231. The summed E-state index contributed by atoms with van der Waals surface area (Å²) in [5.74, 6) is 0. The van der Waals surface area contributed by atoms with Crippen LogP contribution in [0.15, 0.2) is 30.5 Å². The normalized spacial score (nSPS) is 13.8. The number of hydrogen-bond donors (Lipinski definition) is 0. The van der Waals surface area contributed by atoms with Crippen molar-refractivity contribution in [3.8, 4) is 5.69 Å². The summed E-state index contributed by atoms with van der Waals surface area (Å²) in [5.41, 5.74) is 4.16. The van der Waals surface area contributed by atoms with Gasteiger partial charge in [-0.25, -0.2) is 4.68 Å². The Morgan fingerprint density at radius 3 is 3.00 bits per heavy atom. The third kappa shape index (κ3) is 1.28. The maximum absolute atomic E-state index is 11.0. The Hall–Kier alpha value is -1.90. The highest BCUT2D eigenvalue weighted by atomic mass is 16.1. The van der Waals surface area contributed by atoms with Gasteiger partial charge in [0.1, 0.15) is 0 Å². The van der Waals surface area contributed by atoms with E-state index < -0.39 is 0 Å². The molecule has 0 atom stereocenters. The zero-order valence-electron chi connectivity index (χ0n) is 8.89. The highest BCUT2D eigenvalue weighted by Gasteiger charge is 2.18. The number of fused-ring (bicyclic) bond motifs is 1. The Bertz CT molecular complexity index is 543. The summed E-state index contributed by atoms with van der Waals surface area (Å²) in [6, 6.07) is 7.57. The lowest BCUT2D eigenvalue weighted by molar-refractivity contribution is 0.112. The summed E-state index contributed by atoms with van der Waals surface area (Å²) in [6.07, 6.45) is 6.17. The largest absolute Gasteiger partial charge is 0.298 e. The molecule has 0 fully saturated rings. The van der Waals surface area contributed by atoms with Gasteiger partial charge in [0.25, 0.3) is 0 Å². The monoisotopic (exact) mass is 212 g/mol. The Morgan fingerprint density at radius 2 is 2.12 bits per heavy atom. The molecule has 80 valence electrons. The second-order valence-electron chi connectivity index (χ2n) is 4.06. The average Bonchev–Trinajstić information content (AvgIpc) is 2.91. The minimum atomic E-state index is 0.695. The van der Waals surface area contributed by atoms with E-state index in [0.29, 0.717) is 5.56 Å². The Kier molecular flexibility index (Phi) is 2.10. The molecule has 0 saturated heterocycles. The highest BCUT2D eigenvalue weighted by Crippen LogP contribution is 2.25. The van der Waals surface area contributed by atoms with Crippen LogP contribution in [0.3, 0.4) is 0 Å². The predicted octanol–water partition coefficient (Wildman–Crippen LogP) is 2.17. The molecule has 3 nitrogen and oxygen atoms in total. The number of aromatic nitrogens is 2. The molecular formula is C13H12N2O. The number of aryl methyl sites for hydroxylation is 1. The van der Waals surface area contributed by atoms with Crippen molar-refractivity contribution >= 4 is 6.29 Å². The fourth-order valence-corrected chi connectivity index (χ4v) is 2.32. The number of carbonyl (C=O) groups is 1. The number of para-hydroxylation sites is 1. The number of rotatable bonds is 2. The van der Waals surface area contributed by atoms with Crippen LogP contribution < -0.4 is 0 Å². The molecule has 3 heteroatoms. The summed E-state index contributed by atoms with van der Waals surface area (Å²) >= 11 is 0. The first-order valence-electron chi connectivity index (χ1n) is 5.50. The number of hydrogen-bond acceptors (Lipinski definition) is 2. The zero-order chi connectivity index (χ0) is 11.0. The van der Waals surface area contributed by atoms with E-state index in [0.717, 1.165) is 24.8 Å². The molecule has 16 heavy (non-hydrogen) atoms. The van der Waals surface area contributed by atoms with Crippen molar-refractivity contribution in [1.29, 1.82) is 0 Å². The van der Waals surface area contributed by atoms with Crippen LogP contribution >= 0.6 is 0 Å². The van der Waals surface area contributed by atoms with Crippen molar-refractivity contribution in [2.45, 2.75) is 19.3 Å². The lowest BCUT2D eigenvalue weighted by Crippen LogP contribution is -2.04. The Balaban J connectivity index is 2.18. The Morgan fingerprint density at radius 1 is 1.25 bits per heavy atom. The first-order chi connectivity index (χ1) is 7.90. The van der Waals surface area contributed by atoms with Gasteiger partial charge in [-0.05, 0) is 37.0 Å². The summed E-state index contributed by atoms with van der Waals surface area (Å²) in [7, 11) is 0. The van der Waals surface area contributed by atoms with Crippen molar-refractivity contribution in [3.05, 3.63) is 47.3 Å². The van der Waals surface area contributed by atoms with Gasteiger partial charge >= 0.3 is 0 Å². The molecule has 0 saturated carbocycles. The molecule has 1 heterocycles.